The first-order valence-electron chi connectivity index (χ1n) is 48.2. The number of pyridine rings is 8. The maximum Gasteiger partial charge on any atom is 2.00 e. The number of benzene rings is 15. The molecule has 0 spiro atoms. The van der Waals surface area contributed by atoms with Crippen molar-refractivity contribution in [2.75, 3.05) is 4.90 Å². The average molecular weight is 2630 g/mol. The molecule has 0 unspecified atom stereocenters. The molecule has 729 valence electrons. The van der Waals surface area contributed by atoms with Gasteiger partial charge in [0.15, 0.2) is 0 Å². The zero-order valence-corrected chi connectivity index (χ0v) is 90.7. The second kappa shape index (κ2) is 52.5. The number of aryl methyl sites for hydroxylation is 2. The van der Waals surface area contributed by atoms with Crippen molar-refractivity contribution >= 4 is 60.9 Å². The molecule has 2 aliphatic rings. The van der Waals surface area contributed by atoms with Crippen molar-refractivity contribution in [1.29, 1.82) is 0 Å². The number of hydrogen-bond donors (Lipinski definition) is 1. The van der Waals surface area contributed by atoms with E-state index in [0.29, 0.717) is 0 Å². The van der Waals surface area contributed by atoms with E-state index in [-0.39, 0.29) is 81.4 Å². The molecule has 0 fully saturated rings. The van der Waals surface area contributed by atoms with Gasteiger partial charge in [0.2, 0.25) is 0 Å². The Balaban J connectivity index is 0.000000126. The second-order valence-corrected chi connectivity index (χ2v) is 34.3. The minimum Gasteiger partial charge on any atom is -0.353 e. The third-order valence-electron chi connectivity index (χ3n) is 24.7. The summed E-state index contributed by atoms with van der Waals surface area (Å²) >= 11 is 0. The quantitative estimate of drug-likeness (QED) is 0.126. The van der Waals surface area contributed by atoms with E-state index >= 15 is 0 Å². The average Bonchev–Trinajstić information content (AvgIpc) is 1.63. The Morgan fingerprint density at radius 1 is 0.242 bits per heavy atom. The second-order valence-electron chi connectivity index (χ2n) is 34.3. The number of fused-ring (bicyclic) bond motifs is 10. The van der Waals surface area contributed by atoms with Crippen LogP contribution in [0.4, 0.5) is 17.3 Å². The Morgan fingerprint density at radius 3 is 0.940 bits per heavy atom. The maximum absolute atomic E-state index is 5.16. The topological polar surface area (TPSA) is 127 Å². The van der Waals surface area contributed by atoms with Crippen LogP contribution in [0.25, 0.3) is 162 Å². The molecule has 0 atom stereocenters. The number of aromatic amines is 1. The SMILES string of the molecule is Cc1cc(-c2[c-]cccc2)ncc1-c1ccccc1.Cc1cc(-c2[c-]cccc2)ncc1-c1ccccc1.[Ir].[Ir].[Ir].[Pt+2].[c-]1ccccc1-c1cc2c(cn1)[nH]c1cc3c(cc12)c1ccccc1n3-c1ccccc1.[c-]1ccccc1-c1ccc2c(n1)N1c3nc(-c4[c-]cccc4)ccc3Cc3cccc(c31)C2.[c-]1ccccc1-c1ccccn1.[c-]1ccccc1-c1ccccn1.[c-]1ccccc1-c1ccccn1.c1ccccc1. The normalized spacial score (nSPS) is 10.7. The molecule has 2 aliphatic heterocycles. The largest absolute Gasteiger partial charge is 2.00 e. The van der Waals surface area contributed by atoms with Gasteiger partial charge in [0.25, 0.3) is 0 Å². The summed E-state index contributed by atoms with van der Waals surface area (Å²) in [4.78, 5) is 42.6. The van der Waals surface area contributed by atoms with Gasteiger partial charge in [-0.15, -0.1) is 287 Å². The molecule has 11 nitrogen and oxygen atoms in total. The third-order valence-corrected chi connectivity index (χ3v) is 24.7. The number of hydrogen-bond acceptors (Lipinski definition) is 9. The van der Waals surface area contributed by atoms with Crippen LogP contribution in [0.3, 0.4) is 0 Å². The standard InChI is InChI=1S/C30H19N3.C29H18N3.2C18H14N.3C11H8N.C6H6.3Ir.Pt/c1-3-8-20(9-4-1)26-16-14-24-18-22-12-7-13-23-19-25-15-17-27(21-10-5-2-6-11-21)32-30(25)33(28(22)23)29(24)31-26;1-3-9-19(10-4-1)25-16-23-22-15-24-21-13-7-8-14-28(21)32(20-11-5-2-6-12-20)29(24)17-26(22)31-27(23)18-30-25;2*1-14-12-18(16-10-6-3-7-11-16)19-13-17(14)15-8-4-2-5-9-15;3*1-2-6-10(7-3-1)11-8-4-5-9-12-11;1-2-4-6-5-3-1;;;;/h1-8,10,12-17H,18-19H2;1-9,11-18,31H;2*2-10,12-13H,1H3;3*1-6,8-9H;1-6H;;;;/q-2;6*-1;;;;;+2. The number of nitrogens with zero attached hydrogens (tertiary/aromatic N) is 10. The molecule has 15 aromatic carbocycles. The van der Waals surface area contributed by atoms with Gasteiger partial charge in [-0.2, -0.15) is 0 Å². The van der Waals surface area contributed by atoms with Crippen LogP contribution in [0.1, 0.15) is 33.4 Å². The fourth-order valence-electron chi connectivity index (χ4n) is 17.7. The maximum atomic E-state index is 5.16. The first-order chi connectivity index (χ1) is 71.8. The Hall–Kier alpha value is -16.5. The van der Waals surface area contributed by atoms with Gasteiger partial charge < -0.3 is 39.5 Å². The molecule has 10 aromatic heterocycles. The summed E-state index contributed by atoms with van der Waals surface area (Å²) in [6, 6.07) is 185. The summed E-state index contributed by atoms with van der Waals surface area (Å²) in [6.07, 6.45) is 12.9. The van der Waals surface area contributed by atoms with Crippen LogP contribution in [-0.4, -0.2) is 49.4 Å². The fraction of sp³-hybridized carbons (Fsp3) is 0.0299. The van der Waals surface area contributed by atoms with Crippen molar-refractivity contribution in [2.24, 2.45) is 0 Å². The van der Waals surface area contributed by atoms with Crippen molar-refractivity contribution in [2.45, 2.75) is 26.7 Å². The van der Waals surface area contributed by atoms with Gasteiger partial charge in [-0.05, 0) is 152 Å². The summed E-state index contributed by atoms with van der Waals surface area (Å²) in [5.41, 5.74) is 35.1. The molecule has 0 bridgehead atoms. The van der Waals surface area contributed by atoms with E-state index in [1.807, 2.05) is 322 Å². The van der Waals surface area contributed by atoms with Gasteiger partial charge in [0, 0.05) is 154 Å². The van der Waals surface area contributed by atoms with E-state index in [0.717, 1.165) is 131 Å². The first kappa shape index (κ1) is 105. The minimum absolute atomic E-state index is 0. The Bertz CT molecular complexity index is 7960. The first-order valence-corrected chi connectivity index (χ1v) is 48.2. The fourth-order valence-corrected chi connectivity index (χ4v) is 17.7. The molecule has 12 heterocycles. The van der Waals surface area contributed by atoms with Crippen molar-refractivity contribution in [3.8, 4) is 118 Å². The monoisotopic (exact) mass is 2630 g/mol. The Labute approximate surface area is 925 Å². The van der Waals surface area contributed by atoms with Crippen LogP contribution in [0.15, 0.2) is 510 Å². The molecule has 0 saturated heterocycles. The molecule has 15 heteroatoms. The van der Waals surface area contributed by atoms with Gasteiger partial charge in [0.05, 0.1) is 22.2 Å². The number of rotatable bonds is 11. The number of aromatic nitrogens is 10. The predicted octanol–water partition coefficient (Wildman–Crippen LogP) is 32.3. The van der Waals surface area contributed by atoms with E-state index in [4.69, 9.17) is 9.97 Å². The van der Waals surface area contributed by atoms with Crippen LogP contribution in [-0.2, 0) is 94.2 Å². The zero-order valence-electron chi connectivity index (χ0n) is 81.2. The summed E-state index contributed by atoms with van der Waals surface area (Å²) in [5, 5.41) is 4.90. The van der Waals surface area contributed by atoms with Crippen LogP contribution in [0.2, 0.25) is 0 Å². The summed E-state index contributed by atoms with van der Waals surface area (Å²) in [5.74, 6) is 1.93. The molecule has 1 N–H and O–H groups in total. The van der Waals surface area contributed by atoms with E-state index in [1.165, 1.54) is 93.9 Å². The number of para-hydroxylation sites is 3. The summed E-state index contributed by atoms with van der Waals surface area (Å²) in [7, 11) is 0. The van der Waals surface area contributed by atoms with Crippen LogP contribution in [0.5, 0.6) is 0 Å². The number of nitrogens with one attached hydrogen (secondary N) is 1. The van der Waals surface area contributed by atoms with Gasteiger partial charge in [-0.1, -0.05) is 231 Å². The van der Waals surface area contributed by atoms with E-state index < -0.39 is 0 Å². The van der Waals surface area contributed by atoms with E-state index in [2.05, 4.69) is 277 Å². The molecule has 25 aromatic rings. The smallest absolute Gasteiger partial charge is 0.353 e. The zero-order chi connectivity index (χ0) is 97.9. The Morgan fingerprint density at radius 2 is 0.570 bits per heavy atom. The third kappa shape index (κ3) is 26.0. The minimum atomic E-state index is 0. The molecule has 3 radical (unpaired) electrons. The van der Waals surface area contributed by atoms with Crippen molar-refractivity contribution < 1.29 is 81.4 Å². The van der Waals surface area contributed by atoms with Crippen LogP contribution in [0, 0.1) is 62.4 Å². The summed E-state index contributed by atoms with van der Waals surface area (Å²) < 4.78 is 2.35. The van der Waals surface area contributed by atoms with Crippen molar-refractivity contribution in [3.63, 3.8) is 0 Å². The Kier molecular flexibility index (Phi) is 37.1. The van der Waals surface area contributed by atoms with Gasteiger partial charge in [0.1, 0.15) is 11.6 Å². The molecule has 149 heavy (non-hydrogen) atoms. The van der Waals surface area contributed by atoms with E-state index in [1.54, 1.807) is 18.6 Å². The number of anilines is 3. The molecule has 0 aliphatic carbocycles. The predicted molar refractivity (Wildman–Crippen MR) is 592 cm³/mol. The molecule has 0 saturated carbocycles. The van der Waals surface area contributed by atoms with Gasteiger partial charge in [-0.3, -0.25) is 14.9 Å². The van der Waals surface area contributed by atoms with Gasteiger partial charge in [-0.25, -0.2) is 0 Å². The molecular weight excluding hydrogens is 2540 g/mol. The summed E-state index contributed by atoms with van der Waals surface area (Å²) in [6.45, 7) is 4.24. The molecule has 0 amide bonds. The van der Waals surface area contributed by atoms with Crippen LogP contribution >= 0.6 is 0 Å². The van der Waals surface area contributed by atoms with Gasteiger partial charge >= 0.3 is 21.1 Å². The van der Waals surface area contributed by atoms with E-state index in [9.17, 15) is 0 Å². The number of H-pyrrole nitrogens is 1. The van der Waals surface area contributed by atoms with Crippen molar-refractivity contribution in [3.05, 3.63) is 592 Å². The molecule has 27 rings (SSSR count). The molecular formula is C134H95Ir3N11Pt-6. The van der Waals surface area contributed by atoms with Crippen molar-refractivity contribution in [1.82, 2.24) is 49.4 Å². The van der Waals surface area contributed by atoms with Crippen LogP contribution < -0.4 is 4.90 Å².